The summed E-state index contributed by atoms with van der Waals surface area (Å²) in [7, 11) is 0. The molecule has 0 spiro atoms. The Labute approximate surface area is 56.5 Å². The minimum atomic E-state index is 0.271. The number of nitrogens with two attached hydrogens (primary N) is 1. The van der Waals surface area contributed by atoms with E-state index in [0.717, 1.165) is 0 Å². The van der Waals surface area contributed by atoms with Crippen LogP contribution in [0.1, 0.15) is 0 Å². The van der Waals surface area contributed by atoms with E-state index in [9.17, 15) is 0 Å². The quantitative estimate of drug-likeness (QED) is 0.538. The first-order valence-electron chi connectivity index (χ1n) is 2.78. The maximum atomic E-state index is 5.32. The van der Waals surface area contributed by atoms with Crippen molar-refractivity contribution in [1.29, 1.82) is 0 Å². The zero-order valence-corrected chi connectivity index (χ0v) is 5.10. The predicted molar refractivity (Wildman–Crippen MR) is 35.2 cm³/mol. The maximum absolute atomic E-state index is 5.32. The molecule has 2 rings (SSSR count). The molecule has 0 unspecified atom stereocenters. The molecule has 2 N–H and O–H groups in total. The predicted octanol–water partition coefficient (Wildman–Crippen LogP) is -0.294. The molecule has 50 valence electrons. The van der Waals surface area contributed by atoms with E-state index in [1.54, 1.807) is 16.8 Å². The van der Waals surface area contributed by atoms with E-state index in [1.165, 1.54) is 6.33 Å². The minimum absolute atomic E-state index is 0.271. The fraction of sp³-hybridized carbons (Fsp3) is 0. The van der Waals surface area contributed by atoms with Crippen molar-refractivity contribution in [3.8, 4) is 0 Å². The van der Waals surface area contributed by atoms with Crippen LogP contribution in [0.25, 0.3) is 5.65 Å². The Morgan fingerprint density at radius 1 is 1.50 bits per heavy atom. The molecule has 5 heteroatoms. The highest BCUT2D eigenvalue weighted by Gasteiger charge is 1.93. The SMILES string of the molecule is Nc1ncn2nccc2n1. The highest BCUT2D eigenvalue weighted by atomic mass is 15.3. The van der Waals surface area contributed by atoms with Crippen molar-refractivity contribution in [2.45, 2.75) is 0 Å². The van der Waals surface area contributed by atoms with Crippen LogP contribution in [0.15, 0.2) is 18.6 Å². The third-order valence-electron chi connectivity index (χ3n) is 1.18. The number of aromatic nitrogens is 4. The van der Waals surface area contributed by atoms with E-state index >= 15 is 0 Å². The van der Waals surface area contributed by atoms with Gasteiger partial charge in [0.25, 0.3) is 0 Å². The zero-order chi connectivity index (χ0) is 6.97. The molecule has 2 heterocycles. The molecule has 0 bridgehead atoms. The van der Waals surface area contributed by atoms with Gasteiger partial charge in [0.15, 0.2) is 5.65 Å². The van der Waals surface area contributed by atoms with Gasteiger partial charge in [-0.15, -0.1) is 0 Å². The normalized spacial score (nSPS) is 10.4. The molecule has 0 radical (unpaired) electrons. The number of anilines is 1. The summed E-state index contributed by atoms with van der Waals surface area (Å²) in [6.07, 6.45) is 3.17. The molecular weight excluding hydrogens is 130 g/mol. The van der Waals surface area contributed by atoms with Gasteiger partial charge >= 0.3 is 0 Å². The Bertz CT molecular complexity index is 352. The van der Waals surface area contributed by atoms with Crippen molar-refractivity contribution in [2.75, 3.05) is 5.73 Å². The van der Waals surface area contributed by atoms with Crippen LogP contribution in [0, 0.1) is 0 Å². The number of rotatable bonds is 0. The minimum Gasteiger partial charge on any atom is -0.368 e. The number of hydrogen-bond acceptors (Lipinski definition) is 4. The second kappa shape index (κ2) is 1.66. The largest absolute Gasteiger partial charge is 0.368 e. The topological polar surface area (TPSA) is 69.1 Å². The Morgan fingerprint density at radius 3 is 3.30 bits per heavy atom. The third kappa shape index (κ3) is 0.604. The van der Waals surface area contributed by atoms with Gasteiger partial charge in [0, 0.05) is 6.07 Å². The molecule has 0 aromatic carbocycles. The number of nitrogen functional groups attached to an aromatic ring is 1. The lowest BCUT2D eigenvalue weighted by Gasteiger charge is -1.90. The first kappa shape index (κ1) is 5.16. The van der Waals surface area contributed by atoms with Crippen LogP contribution < -0.4 is 5.73 Å². The summed E-state index contributed by atoms with van der Waals surface area (Å²) in [4.78, 5) is 7.65. The molecule has 0 atom stereocenters. The van der Waals surface area contributed by atoms with Gasteiger partial charge in [-0.1, -0.05) is 0 Å². The molecule has 0 aliphatic heterocycles. The van der Waals surface area contributed by atoms with E-state index < -0.39 is 0 Å². The number of nitrogens with zero attached hydrogens (tertiary/aromatic N) is 4. The van der Waals surface area contributed by atoms with Gasteiger partial charge in [-0.3, -0.25) is 0 Å². The van der Waals surface area contributed by atoms with Crippen molar-refractivity contribution in [1.82, 2.24) is 19.6 Å². The average Bonchev–Trinajstić information content (AvgIpc) is 2.33. The number of hydrogen-bond donors (Lipinski definition) is 1. The van der Waals surface area contributed by atoms with Gasteiger partial charge in [-0.25, -0.2) is 9.50 Å². The van der Waals surface area contributed by atoms with Gasteiger partial charge in [-0.05, 0) is 0 Å². The zero-order valence-electron chi connectivity index (χ0n) is 5.10. The summed E-state index contributed by atoms with van der Waals surface area (Å²) < 4.78 is 1.55. The van der Waals surface area contributed by atoms with Crippen LogP contribution in [-0.4, -0.2) is 19.6 Å². The molecule has 2 aromatic heterocycles. The molecule has 5 nitrogen and oxygen atoms in total. The summed E-state index contributed by atoms with van der Waals surface area (Å²) in [5, 5.41) is 3.90. The van der Waals surface area contributed by atoms with Crippen LogP contribution in [0.2, 0.25) is 0 Å². The van der Waals surface area contributed by atoms with Crippen LogP contribution in [0.3, 0.4) is 0 Å². The molecule has 0 aliphatic carbocycles. The molecule has 0 saturated heterocycles. The average molecular weight is 135 g/mol. The Hall–Kier alpha value is -1.65. The summed E-state index contributed by atoms with van der Waals surface area (Å²) in [5.41, 5.74) is 6.04. The van der Waals surface area contributed by atoms with Gasteiger partial charge in [0.1, 0.15) is 6.33 Å². The van der Waals surface area contributed by atoms with E-state index in [2.05, 4.69) is 15.1 Å². The first-order valence-corrected chi connectivity index (χ1v) is 2.78. The molecule has 0 fully saturated rings. The van der Waals surface area contributed by atoms with Gasteiger partial charge in [0.05, 0.1) is 6.20 Å². The molecule has 2 aromatic rings. The standard InChI is InChI=1S/C5H5N5/c6-5-7-3-10-4(9-5)1-2-8-10/h1-3H,(H2,6,9). The van der Waals surface area contributed by atoms with Crippen molar-refractivity contribution in [3.05, 3.63) is 18.6 Å². The monoisotopic (exact) mass is 135 g/mol. The Kier molecular flexibility index (Phi) is 0.858. The Morgan fingerprint density at radius 2 is 2.40 bits per heavy atom. The van der Waals surface area contributed by atoms with Gasteiger partial charge < -0.3 is 5.73 Å². The lowest BCUT2D eigenvalue weighted by molar-refractivity contribution is 0.897. The summed E-state index contributed by atoms with van der Waals surface area (Å²) in [5.74, 6) is 0.271. The van der Waals surface area contributed by atoms with E-state index in [0.29, 0.717) is 5.65 Å². The summed E-state index contributed by atoms with van der Waals surface area (Å²) in [6.45, 7) is 0. The van der Waals surface area contributed by atoms with Crippen molar-refractivity contribution in [3.63, 3.8) is 0 Å². The lowest BCUT2D eigenvalue weighted by Crippen LogP contribution is -1.98. The molecule has 0 aliphatic rings. The smallest absolute Gasteiger partial charge is 0.223 e. The van der Waals surface area contributed by atoms with Crippen molar-refractivity contribution in [2.24, 2.45) is 0 Å². The maximum Gasteiger partial charge on any atom is 0.223 e. The fourth-order valence-electron chi connectivity index (χ4n) is 0.745. The second-order valence-corrected chi connectivity index (χ2v) is 1.85. The second-order valence-electron chi connectivity index (χ2n) is 1.85. The third-order valence-corrected chi connectivity index (χ3v) is 1.18. The molecular formula is C5H5N5. The van der Waals surface area contributed by atoms with Gasteiger partial charge in [-0.2, -0.15) is 10.1 Å². The summed E-state index contributed by atoms with van der Waals surface area (Å²) in [6, 6.07) is 1.76. The van der Waals surface area contributed by atoms with E-state index in [4.69, 9.17) is 5.73 Å². The Balaban J connectivity index is 2.86. The van der Waals surface area contributed by atoms with Crippen LogP contribution in [0.5, 0.6) is 0 Å². The summed E-state index contributed by atoms with van der Waals surface area (Å²) >= 11 is 0. The van der Waals surface area contributed by atoms with E-state index in [1.807, 2.05) is 0 Å². The highest BCUT2D eigenvalue weighted by Crippen LogP contribution is 1.96. The molecule has 0 amide bonds. The lowest BCUT2D eigenvalue weighted by atomic mass is 10.7. The molecule has 0 saturated carbocycles. The first-order chi connectivity index (χ1) is 4.86. The van der Waals surface area contributed by atoms with Crippen molar-refractivity contribution < 1.29 is 0 Å². The number of fused-ring (bicyclic) bond motifs is 1. The van der Waals surface area contributed by atoms with Crippen molar-refractivity contribution >= 4 is 11.6 Å². The van der Waals surface area contributed by atoms with E-state index in [-0.39, 0.29) is 5.95 Å². The van der Waals surface area contributed by atoms with Gasteiger partial charge in [0.2, 0.25) is 5.95 Å². The highest BCUT2D eigenvalue weighted by molar-refractivity contribution is 5.38. The molecule has 10 heavy (non-hydrogen) atoms. The van der Waals surface area contributed by atoms with Crippen LogP contribution >= 0.6 is 0 Å². The fourth-order valence-corrected chi connectivity index (χ4v) is 0.745. The van der Waals surface area contributed by atoms with Crippen LogP contribution in [0.4, 0.5) is 5.95 Å². The van der Waals surface area contributed by atoms with Crippen LogP contribution in [-0.2, 0) is 0 Å².